The quantitative estimate of drug-likeness (QED) is 0.165. The molecule has 9 fully saturated rings. The molecule has 4 aliphatic heterocycles. The van der Waals surface area contributed by atoms with Crippen LogP contribution in [0.2, 0.25) is 0 Å². The Morgan fingerprint density at radius 2 is 1.20 bits per heavy atom. The van der Waals surface area contributed by atoms with E-state index in [1.54, 1.807) is 30.7 Å². The van der Waals surface area contributed by atoms with Crippen LogP contribution >= 0.6 is 11.6 Å². The first-order valence-electron chi connectivity index (χ1n) is 40.8. The fourth-order valence-corrected chi connectivity index (χ4v) is 19.9. The Morgan fingerprint density at radius 3 is 1.80 bits per heavy atom. The SMILES string of the molecule is CC[C@H](C)[C@@H]1NC(=O)[C@H](CC(C)C)N(C)C(=O)C[C@@H](C(=O)N2CCCCC2)N(C)C(=O)[C@H](C2CCCCC2)N(C)C(=O)C2(CCCC2)NC(=O)[C@@H]2CC3CCCCC3N2C(=O)[C@H](CCC2CCC(C(F)(F)F)C(Cl)C2)NC(=O)CN(C)C(=O)[C@H](CC2CCCCC2)N(C)C(=O)[C@@H]2CCN2C(=O)[C@H](C)N(C)C1=O. The highest BCUT2D eigenvalue weighted by atomic mass is 35.5. The van der Waals surface area contributed by atoms with E-state index < -0.39 is 179 Å². The van der Waals surface area contributed by atoms with Gasteiger partial charge in [0.1, 0.15) is 59.9 Å². The van der Waals surface area contributed by atoms with Gasteiger partial charge in [0, 0.05) is 73.3 Å². The number of carbonyl (C=O) groups excluding carboxylic acids is 12. The minimum absolute atomic E-state index is 0.00961. The summed E-state index contributed by atoms with van der Waals surface area (Å²) < 4.78 is 42.6. The van der Waals surface area contributed by atoms with Crippen molar-refractivity contribution in [2.75, 3.05) is 68.5 Å². The van der Waals surface area contributed by atoms with Crippen molar-refractivity contribution in [1.29, 1.82) is 0 Å². The van der Waals surface area contributed by atoms with Crippen LogP contribution in [0.4, 0.5) is 13.2 Å². The van der Waals surface area contributed by atoms with Crippen molar-refractivity contribution in [1.82, 2.24) is 60.0 Å². The molecule has 0 aromatic heterocycles. The van der Waals surface area contributed by atoms with E-state index in [1.807, 2.05) is 20.8 Å². The van der Waals surface area contributed by atoms with Gasteiger partial charge in [-0.1, -0.05) is 111 Å². The zero-order valence-electron chi connectivity index (χ0n) is 65.8. The van der Waals surface area contributed by atoms with E-state index in [9.17, 15) is 22.8 Å². The Hall–Kier alpha value is -6.28. The predicted octanol–water partition coefficient (Wildman–Crippen LogP) is 8.18. The largest absolute Gasteiger partial charge is 0.393 e. The molecule has 9 rings (SSSR count). The number of hydrogen-bond acceptors (Lipinski definition) is 12. The number of piperidine rings is 1. The van der Waals surface area contributed by atoms with E-state index >= 15 is 47.9 Å². The van der Waals surface area contributed by atoms with Crippen LogP contribution in [0.15, 0.2) is 0 Å². The smallest absolute Gasteiger partial charge is 0.343 e. The lowest BCUT2D eigenvalue weighted by Gasteiger charge is -2.45. The van der Waals surface area contributed by atoms with Gasteiger partial charge in [0.25, 0.3) is 0 Å². The summed E-state index contributed by atoms with van der Waals surface area (Å²) >= 11 is 6.51. The molecule has 5 aliphatic carbocycles. The minimum atomic E-state index is -4.51. The first-order chi connectivity index (χ1) is 50.7. The highest BCUT2D eigenvalue weighted by Crippen LogP contribution is 2.46. The lowest BCUT2D eigenvalue weighted by molar-refractivity contribution is -0.182. The Labute approximate surface area is 637 Å². The van der Waals surface area contributed by atoms with Crippen LogP contribution in [0, 0.1) is 41.4 Å². The number of fused-ring (bicyclic) bond motifs is 4. The Kier molecular flexibility index (Phi) is 29.4. The molecule has 15 atom stereocenters. The number of hydrogen-bond donors (Lipinski definition) is 3. The van der Waals surface area contributed by atoms with E-state index in [4.69, 9.17) is 11.6 Å². The maximum Gasteiger partial charge on any atom is 0.393 e. The van der Waals surface area contributed by atoms with Gasteiger partial charge in [-0.15, -0.1) is 11.6 Å². The normalized spacial score (nSPS) is 32.7. The molecule has 0 aromatic rings. The second kappa shape index (κ2) is 37.2. The van der Waals surface area contributed by atoms with Crippen LogP contribution < -0.4 is 16.0 Å². The molecule has 5 unspecified atom stereocenters. The first-order valence-corrected chi connectivity index (χ1v) is 41.2. The molecule has 107 heavy (non-hydrogen) atoms. The third kappa shape index (κ3) is 19.7. The van der Waals surface area contributed by atoms with Gasteiger partial charge in [0.05, 0.1) is 18.9 Å². The number of likely N-dealkylation sites (N-methyl/N-ethyl adjacent to an activating group) is 6. The molecule has 1 spiro atoms. The average molecular weight is 1530 g/mol. The molecule has 602 valence electrons. The van der Waals surface area contributed by atoms with Gasteiger partial charge in [-0.2, -0.15) is 13.2 Å². The topological polar surface area (TPSA) is 270 Å². The van der Waals surface area contributed by atoms with Crippen LogP contribution in [-0.4, -0.2) is 261 Å². The van der Waals surface area contributed by atoms with Crippen molar-refractivity contribution in [3.63, 3.8) is 0 Å². The van der Waals surface area contributed by atoms with E-state index in [2.05, 4.69) is 16.0 Å². The third-order valence-corrected chi connectivity index (χ3v) is 27.0. The van der Waals surface area contributed by atoms with E-state index in [0.717, 1.165) is 70.6 Å². The molecule has 4 heterocycles. The monoisotopic (exact) mass is 1530 g/mol. The number of carbonyl (C=O) groups is 12. The zero-order chi connectivity index (χ0) is 78.1. The number of nitrogens with zero attached hydrogens (tertiary/aromatic N) is 9. The van der Waals surface area contributed by atoms with Crippen molar-refractivity contribution in [2.45, 2.75) is 318 Å². The highest BCUT2D eigenvalue weighted by Gasteiger charge is 2.55. The fourth-order valence-electron chi connectivity index (χ4n) is 19.4. The van der Waals surface area contributed by atoms with Crippen molar-refractivity contribution in [3.8, 4) is 0 Å². The second-order valence-electron chi connectivity index (χ2n) is 34.1. The third-order valence-electron chi connectivity index (χ3n) is 26.5. The van der Waals surface area contributed by atoms with Gasteiger partial charge in [0.2, 0.25) is 70.9 Å². The Morgan fingerprint density at radius 1 is 0.579 bits per heavy atom. The van der Waals surface area contributed by atoms with Gasteiger partial charge >= 0.3 is 6.18 Å². The number of alkyl halides is 4. The van der Waals surface area contributed by atoms with Crippen molar-refractivity contribution in [3.05, 3.63) is 0 Å². The molecule has 12 amide bonds. The lowest BCUT2D eigenvalue weighted by Crippen LogP contribution is -2.65. The van der Waals surface area contributed by atoms with E-state index in [0.29, 0.717) is 70.9 Å². The predicted molar refractivity (Wildman–Crippen MR) is 398 cm³/mol. The number of rotatable bonds is 11. The van der Waals surface area contributed by atoms with Crippen molar-refractivity contribution in [2.24, 2.45) is 41.4 Å². The van der Waals surface area contributed by atoms with Gasteiger partial charge in [-0.05, 0) is 158 Å². The molecule has 0 aromatic carbocycles. The second-order valence-corrected chi connectivity index (χ2v) is 34.7. The summed E-state index contributed by atoms with van der Waals surface area (Å²) in [6.07, 6.45) is 10.9. The lowest BCUT2D eigenvalue weighted by atomic mass is 9.78. The summed E-state index contributed by atoms with van der Waals surface area (Å²) in [7, 11) is 8.94. The minimum Gasteiger partial charge on any atom is -0.343 e. The molecular formula is C79H126ClF3N12O12. The van der Waals surface area contributed by atoms with Crippen LogP contribution in [0.1, 0.15) is 240 Å². The van der Waals surface area contributed by atoms with Crippen LogP contribution in [0.3, 0.4) is 0 Å². The fraction of sp³-hybridized carbons (Fsp3) is 0.848. The van der Waals surface area contributed by atoms with Gasteiger partial charge in [0.15, 0.2) is 0 Å². The molecular weight excluding hydrogens is 1400 g/mol. The Bertz CT molecular complexity index is 3180. The highest BCUT2D eigenvalue weighted by molar-refractivity contribution is 6.21. The first kappa shape index (κ1) is 84.7. The molecule has 0 bridgehead atoms. The van der Waals surface area contributed by atoms with Gasteiger partial charge in [-0.25, -0.2) is 0 Å². The molecule has 9 aliphatic rings. The van der Waals surface area contributed by atoms with E-state index in [-0.39, 0.29) is 101 Å². The zero-order valence-corrected chi connectivity index (χ0v) is 66.5. The van der Waals surface area contributed by atoms with Gasteiger partial charge < -0.3 is 60.0 Å². The standard InChI is InChI=1S/C79H126ClF3N12O12/c1-12-49(4)66-75(105)88(7)50(5)70(100)94-41-36-59(94)73(103)90(9)62(44-51-26-16-13-17-27-51)72(102)87(6)47-64(96)84-57(35-33-52-32-34-55(56(80)43-52)79(81,82)83)71(101)95-58-31-21-20-30-54(58)45-61(95)69(99)86-78(37-22-23-38-78)77(107)92(11)67(53-28-18-14-19-29-53)76(106)91(10)63(74(104)93-39-24-15-25-40-93)46-65(97)89(8)60(42-48(2)3)68(98)85-66/h48-63,66-67H,12-47H2,1-11H3,(H,84,96)(H,85,98)(H,86,99)/t49-,50-,52?,54?,55?,56?,57-,58?,59-,60-,61-,62-,63-,66-,67-/m0/s1. The van der Waals surface area contributed by atoms with Crippen LogP contribution in [0.5, 0.6) is 0 Å². The summed E-state index contributed by atoms with van der Waals surface area (Å²) in [5.74, 6) is -10.2. The summed E-state index contributed by atoms with van der Waals surface area (Å²) in [6.45, 7) is 9.34. The van der Waals surface area contributed by atoms with Crippen molar-refractivity contribution < 1.29 is 70.7 Å². The molecule has 5 saturated carbocycles. The molecule has 24 nitrogen and oxygen atoms in total. The maximum absolute atomic E-state index is 16.0. The summed E-state index contributed by atoms with van der Waals surface area (Å²) in [5, 5.41) is 7.94. The summed E-state index contributed by atoms with van der Waals surface area (Å²) in [4.78, 5) is 197. The van der Waals surface area contributed by atoms with Crippen LogP contribution in [0.25, 0.3) is 0 Å². The Balaban J connectivity index is 1.11. The maximum atomic E-state index is 16.0. The average Bonchev–Trinajstić information content (AvgIpc) is 1.69. The van der Waals surface area contributed by atoms with Crippen molar-refractivity contribution >= 4 is 82.5 Å². The summed E-state index contributed by atoms with van der Waals surface area (Å²) in [6, 6.07) is -11.1. The number of nitrogens with one attached hydrogen (secondary N) is 3. The van der Waals surface area contributed by atoms with Crippen LogP contribution in [-0.2, 0) is 57.5 Å². The summed E-state index contributed by atoms with van der Waals surface area (Å²) in [5.41, 5.74) is -1.56. The number of halogens is 4. The molecule has 4 saturated heterocycles. The number of likely N-dealkylation sites (tertiary alicyclic amines) is 1. The van der Waals surface area contributed by atoms with Gasteiger partial charge in [-0.3, -0.25) is 57.5 Å². The molecule has 0 radical (unpaired) electrons. The van der Waals surface area contributed by atoms with E-state index in [1.165, 1.54) is 69.5 Å². The molecule has 28 heteroatoms. The molecule has 3 N–H and O–H groups in total. The number of amides is 12.